The fraction of sp³-hybridized carbons (Fsp3) is 0.667. The number of nitrogen functional groups attached to an aromatic ring is 1. The molecule has 0 aliphatic heterocycles. The molecule has 0 fully saturated rings. The summed E-state index contributed by atoms with van der Waals surface area (Å²) in [4.78, 5) is 15.3. The molecule has 0 bridgehead atoms. The van der Waals surface area contributed by atoms with E-state index in [4.69, 9.17) is 5.73 Å². The number of anilines is 1. The van der Waals surface area contributed by atoms with Crippen LogP contribution in [-0.2, 0) is 11.2 Å². The van der Waals surface area contributed by atoms with E-state index in [1.165, 1.54) is 0 Å². The lowest BCUT2D eigenvalue weighted by molar-refractivity contribution is -0.129. The van der Waals surface area contributed by atoms with Crippen LogP contribution in [0.5, 0.6) is 0 Å². The summed E-state index contributed by atoms with van der Waals surface area (Å²) in [5.41, 5.74) is 5.33. The van der Waals surface area contributed by atoms with Gasteiger partial charge < -0.3 is 16.2 Å². The summed E-state index contributed by atoms with van der Waals surface area (Å²) in [6.07, 6.45) is 1.95. The molecule has 0 aliphatic rings. The lowest BCUT2D eigenvalue weighted by Gasteiger charge is -2.09. The number of H-pyrrole nitrogens is 1. The molecule has 1 rings (SSSR count). The van der Waals surface area contributed by atoms with Gasteiger partial charge in [-0.3, -0.25) is 9.89 Å². The first-order valence-corrected chi connectivity index (χ1v) is 6.64. The van der Waals surface area contributed by atoms with Crippen LogP contribution >= 0.6 is 11.8 Å². The van der Waals surface area contributed by atoms with Crippen molar-refractivity contribution in [2.24, 2.45) is 0 Å². The van der Waals surface area contributed by atoms with Crippen molar-refractivity contribution in [3.63, 3.8) is 0 Å². The molecule has 1 heterocycles. The third-order valence-corrected chi connectivity index (χ3v) is 2.75. The quantitative estimate of drug-likeness (QED) is 0.507. The molecule has 1 atom stereocenters. The van der Waals surface area contributed by atoms with Gasteiger partial charge in [0, 0.05) is 13.0 Å². The molecule has 0 spiro atoms. The standard InChI is InChI=1S/C9H17N5O2S/c1-17-5-3-6(15)8(16)11-4-2-7-12-9(10)14-13-7/h6,15H,2-5H2,1H3,(H,11,16)(H3,10,12,13,14)/t6-/m1/s1. The number of aromatic amines is 1. The second-order valence-electron chi connectivity index (χ2n) is 3.48. The Bertz CT molecular complexity index is 357. The molecule has 17 heavy (non-hydrogen) atoms. The van der Waals surface area contributed by atoms with Crippen LogP contribution in [0.25, 0.3) is 0 Å². The molecular weight excluding hydrogens is 242 g/mol. The number of nitrogens with two attached hydrogens (primary N) is 1. The minimum atomic E-state index is -0.942. The van der Waals surface area contributed by atoms with Gasteiger partial charge in [-0.15, -0.1) is 5.10 Å². The molecule has 0 aromatic carbocycles. The second-order valence-corrected chi connectivity index (χ2v) is 4.46. The number of aliphatic hydroxyl groups is 1. The van der Waals surface area contributed by atoms with Gasteiger partial charge >= 0.3 is 0 Å². The van der Waals surface area contributed by atoms with E-state index in [1.807, 2.05) is 6.26 Å². The molecule has 1 amide bonds. The van der Waals surface area contributed by atoms with E-state index < -0.39 is 6.10 Å². The number of thioether (sulfide) groups is 1. The van der Waals surface area contributed by atoms with Crippen LogP contribution in [0.4, 0.5) is 5.95 Å². The number of nitrogens with zero attached hydrogens (tertiary/aromatic N) is 2. The van der Waals surface area contributed by atoms with Crippen LogP contribution in [0.1, 0.15) is 12.2 Å². The Morgan fingerprint density at radius 2 is 2.47 bits per heavy atom. The number of carbonyl (C=O) groups is 1. The van der Waals surface area contributed by atoms with Crippen LogP contribution in [0.3, 0.4) is 0 Å². The van der Waals surface area contributed by atoms with Crippen LogP contribution < -0.4 is 11.1 Å². The molecule has 0 saturated carbocycles. The summed E-state index contributed by atoms with van der Waals surface area (Å²) in [6, 6.07) is 0. The van der Waals surface area contributed by atoms with Crippen LogP contribution in [0.15, 0.2) is 0 Å². The van der Waals surface area contributed by atoms with Gasteiger partial charge in [0.1, 0.15) is 11.9 Å². The number of amides is 1. The van der Waals surface area contributed by atoms with Gasteiger partial charge in [-0.25, -0.2) is 0 Å². The zero-order chi connectivity index (χ0) is 12.7. The SMILES string of the molecule is CSCC[C@@H](O)C(=O)NCCc1nc(N)n[nH]1. The summed E-state index contributed by atoms with van der Waals surface area (Å²) < 4.78 is 0. The van der Waals surface area contributed by atoms with E-state index in [9.17, 15) is 9.90 Å². The lowest BCUT2D eigenvalue weighted by Crippen LogP contribution is -2.36. The van der Waals surface area contributed by atoms with Crippen molar-refractivity contribution >= 4 is 23.6 Å². The number of aromatic nitrogens is 3. The smallest absolute Gasteiger partial charge is 0.248 e. The van der Waals surface area contributed by atoms with Crippen LogP contribution in [0, 0.1) is 0 Å². The Morgan fingerprint density at radius 3 is 3.06 bits per heavy atom. The Morgan fingerprint density at radius 1 is 1.71 bits per heavy atom. The maximum atomic E-state index is 11.4. The minimum Gasteiger partial charge on any atom is -0.383 e. The van der Waals surface area contributed by atoms with Crippen LogP contribution in [0.2, 0.25) is 0 Å². The molecule has 1 aromatic heterocycles. The van der Waals surface area contributed by atoms with Crippen LogP contribution in [-0.4, -0.2) is 50.9 Å². The number of nitrogens with one attached hydrogen (secondary N) is 2. The largest absolute Gasteiger partial charge is 0.383 e. The molecule has 8 heteroatoms. The zero-order valence-electron chi connectivity index (χ0n) is 9.64. The summed E-state index contributed by atoms with van der Waals surface area (Å²) >= 11 is 1.59. The Balaban J connectivity index is 2.19. The summed E-state index contributed by atoms with van der Waals surface area (Å²) in [5.74, 6) is 1.20. The predicted octanol–water partition coefficient (Wildman–Crippen LogP) is -0.840. The van der Waals surface area contributed by atoms with Crippen molar-refractivity contribution in [1.82, 2.24) is 20.5 Å². The molecule has 0 unspecified atom stereocenters. The van der Waals surface area contributed by atoms with Gasteiger partial charge in [0.15, 0.2) is 0 Å². The van der Waals surface area contributed by atoms with Crippen molar-refractivity contribution in [3.05, 3.63) is 5.82 Å². The highest BCUT2D eigenvalue weighted by molar-refractivity contribution is 7.98. The fourth-order valence-electron chi connectivity index (χ4n) is 1.20. The van der Waals surface area contributed by atoms with Crippen molar-refractivity contribution in [3.8, 4) is 0 Å². The number of hydrogen-bond donors (Lipinski definition) is 4. The van der Waals surface area contributed by atoms with Crippen molar-refractivity contribution in [2.75, 3.05) is 24.3 Å². The predicted molar refractivity (Wildman–Crippen MR) is 66.5 cm³/mol. The first kappa shape index (κ1) is 13.8. The maximum Gasteiger partial charge on any atom is 0.248 e. The molecule has 0 radical (unpaired) electrons. The highest BCUT2D eigenvalue weighted by atomic mass is 32.2. The monoisotopic (exact) mass is 259 g/mol. The highest BCUT2D eigenvalue weighted by Gasteiger charge is 2.13. The number of rotatable bonds is 7. The second kappa shape index (κ2) is 7.13. The maximum absolute atomic E-state index is 11.4. The van der Waals surface area contributed by atoms with E-state index in [1.54, 1.807) is 11.8 Å². The van der Waals surface area contributed by atoms with Gasteiger partial charge in [0.25, 0.3) is 0 Å². The molecule has 7 nitrogen and oxygen atoms in total. The zero-order valence-corrected chi connectivity index (χ0v) is 10.5. The first-order chi connectivity index (χ1) is 8.13. The highest BCUT2D eigenvalue weighted by Crippen LogP contribution is 2.00. The van der Waals surface area contributed by atoms with E-state index >= 15 is 0 Å². The first-order valence-electron chi connectivity index (χ1n) is 5.25. The third-order valence-electron chi connectivity index (χ3n) is 2.11. The molecule has 0 aliphatic carbocycles. The van der Waals surface area contributed by atoms with Crippen molar-refractivity contribution in [1.29, 1.82) is 0 Å². The van der Waals surface area contributed by atoms with Gasteiger partial charge in [-0.05, 0) is 18.4 Å². The molecule has 0 saturated heterocycles. The van der Waals surface area contributed by atoms with E-state index in [0.29, 0.717) is 25.2 Å². The van der Waals surface area contributed by atoms with Gasteiger partial charge in [-0.2, -0.15) is 16.7 Å². The van der Waals surface area contributed by atoms with Crippen molar-refractivity contribution < 1.29 is 9.90 Å². The Labute approximate surface area is 104 Å². The third kappa shape index (κ3) is 5.05. The normalized spacial score (nSPS) is 12.4. The number of hydrogen-bond acceptors (Lipinski definition) is 6. The van der Waals surface area contributed by atoms with E-state index in [-0.39, 0.29) is 11.9 Å². The fourth-order valence-corrected chi connectivity index (χ4v) is 1.66. The molecule has 96 valence electrons. The molecule has 5 N–H and O–H groups in total. The lowest BCUT2D eigenvalue weighted by atomic mass is 10.2. The summed E-state index contributed by atoms with van der Waals surface area (Å²) in [5, 5.41) is 18.4. The van der Waals surface area contributed by atoms with Gasteiger partial charge in [0.2, 0.25) is 11.9 Å². The summed E-state index contributed by atoms with van der Waals surface area (Å²) in [7, 11) is 0. The average molecular weight is 259 g/mol. The minimum absolute atomic E-state index is 0.186. The van der Waals surface area contributed by atoms with Gasteiger partial charge in [0.05, 0.1) is 0 Å². The topological polar surface area (TPSA) is 117 Å². The number of aliphatic hydroxyl groups excluding tert-OH is 1. The number of carbonyl (C=O) groups excluding carboxylic acids is 1. The molecule has 1 aromatic rings. The van der Waals surface area contributed by atoms with Gasteiger partial charge in [-0.1, -0.05) is 0 Å². The van der Waals surface area contributed by atoms with E-state index in [0.717, 1.165) is 5.75 Å². The Hall–Kier alpha value is -1.28. The average Bonchev–Trinajstić information content (AvgIpc) is 2.71. The summed E-state index contributed by atoms with van der Waals surface area (Å²) in [6.45, 7) is 0.393. The Kier molecular flexibility index (Phi) is 5.78. The van der Waals surface area contributed by atoms with E-state index in [2.05, 4.69) is 20.5 Å². The van der Waals surface area contributed by atoms with Crippen molar-refractivity contribution in [2.45, 2.75) is 18.9 Å². The molecular formula is C9H17N5O2S.